The lowest BCUT2D eigenvalue weighted by Crippen LogP contribution is -2.34. The minimum atomic E-state index is -4.66. The van der Waals surface area contributed by atoms with Gasteiger partial charge in [-0.3, -0.25) is 9.59 Å². The van der Waals surface area contributed by atoms with Crippen molar-refractivity contribution >= 4 is 5.91 Å². The highest BCUT2D eigenvalue weighted by atomic mass is 19.4. The molecule has 4 nitrogen and oxygen atoms in total. The smallest absolute Gasteiger partial charge is 0.345 e. The zero-order valence-corrected chi connectivity index (χ0v) is 13.7. The third-order valence-corrected chi connectivity index (χ3v) is 4.49. The molecule has 2 atom stereocenters. The fraction of sp³-hybridized carbons (Fsp3) is 0.333. The maximum absolute atomic E-state index is 12.6. The van der Waals surface area contributed by atoms with E-state index in [1.54, 1.807) is 4.98 Å². The number of aromatic amines is 1. The van der Waals surface area contributed by atoms with Gasteiger partial charge in [0.05, 0.1) is 6.04 Å². The topological polar surface area (TPSA) is 62.0 Å². The molecule has 2 unspecified atom stereocenters. The first kappa shape index (κ1) is 17.3. The fourth-order valence-electron chi connectivity index (χ4n) is 3.24. The molecule has 1 aliphatic rings. The standard InChI is InChI=1S/C18H17F3N2O2/c1-9-3-4-12-11(7-9)8-10(2)15(12)23-17(25)13-5-6-14(18(19,20)21)22-16(13)24/h3-7,10,15H,8H2,1-2H3,(H,22,24)(H,23,25). The third-order valence-electron chi connectivity index (χ3n) is 4.49. The summed E-state index contributed by atoms with van der Waals surface area (Å²) in [4.78, 5) is 26.0. The Morgan fingerprint density at radius 1 is 1.24 bits per heavy atom. The zero-order chi connectivity index (χ0) is 18.4. The molecule has 1 aromatic heterocycles. The van der Waals surface area contributed by atoms with E-state index in [-0.39, 0.29) is 17.5 Å². The molecule has 25 heavy (non-hydrogen) atoms. The van der Waals surface area contributed by atoms with Gasteiger partial charge in [-0.15, -0.1) is 0 Å². The van der Waals surface area contributed by atoms with Gasteiger partial charge in [-0.25, -0.2) is 0 Å². The van der Waals surface area contributed by atoms with Crippen LogP contribution in [-0.2, 0) is 12.6 Å². The predicted octanol–water partition coefficient (Wildman–Crippen LogP) is 3.37. The number of benzene rings is 1. The average molecular weight is 350 g/mol. The lowest BCUT2D eigenvalue weighted by atomic mass is 10.0. The maximum Gasteiger partial charge on any atom is 0.431 e. The first-order valence-electron chi connectivity index (χ1n) is 7.87. The molecule has 0 radical (unpaired) electrons. The van der Waals surface area contributed by atoms with Gasteiger partial charge in [0.1, 0.15) is 11.3 Å². The van der Waals surface area contributed by atoms with E-state index in [0.29, 0.717) is 6.07 Å². The van der Waals surface area contributed by atoms with E-state index in [2.05, 4.69) is 11.4 Å². The van der Waals surface area contributed by atoms with Gasteiger partial charge in [-0.1, -0.05) is 30.7 Å². The van der Waals surface area contributed by atoms with Crippen molar-refractivity contribution in [2.24, 2.45) is 5.92 Å². The van der Waals surface area contributed by atoms with E-state index < -0.39 is 23.3 Å². The molecule has 1 amide bonds. The number of hydrogen-bond donors (Lipinski definition) is 2. The zero-order valence-electron chi connectivity index (χ0n) is 13.7. The van der Waals surface area contributed by atoms with Crippen LogP contribution in [0.2, 0.25) is 0 Å². The number of amides is 1. The number of nitrogens with one attached hydrogen (secondary N) is 2. The molecular formula is C18H17F3N2O2. The molecule has 0 saturated heterocycles. The van der Waals surface area contributed by atoms with Gasteiger partial charge < -0.3 is 10.3 Å². The molecule has 0 saturated carbocycles. The SMILES string of the molecule is Cc1ccc2c(c1)CC(C)C2NC(=O)c1ccc(C(F)(F)F)[nH]c1=O. The van der Waals surface area contributed by atoms with Crippen LogP contribution in [0.3, 0.4) is 0 Å². The van der Waals surface area contributed by atoms with Crippen molar-refractivity contribution in [1.29, 1.82) is 0 Å². The van der Waals surface area contributed by atoms with Crippen molar-refractivity contribution in [3.05, 3.63) is 68.6 Å². The molecule has 7 heteroatoms. The minimum Gasteiger partial charge on any atom is -0.345 e. The number of carbonyl (C=O) groups excluding carboxylic acids is 1. The van der Waals surface area contributed by atoms with E-state index in [1.165, 1.54) is 0 Å². The second kappa shape index (κ2) is 6.06. The summed E-state index contributed by atoms with van der Waals surface area (Å²) in [6.07, 6.45) is -3.86. The van der Waals surface area contributed by atoms with Crippen LogP contribution in [0.25, 0.3) is 0 Å². The number of H-pyrrole nitrogens is 1. The Morgan fingerprint density at radius 2 is 1.96 bits per heavy atom. The van der Waals surface area contributed by atoms with Crippen LogP contribution in [0.1, 0.15) is 45.7 Å². The summed E-state index contributed by atoms with van der Waals surface area (Å²) in [6, 6.07) is 7.28. The Labute approximate surface area is 142 Å². The lowest BCUT2D eigenvalue weighted by molar-refractivity contribution is -0.141. The summed E-state index contributed by atoms with van der Waals surface area (Å²) < 4.78 is 37.8. The van der Waals surface area contributed by atoms with Crippen molar-refractivity contribution in [3.63, 3.8) is 0 Å². The number of aryl methyl sites for hydroxylation is 1. The summed E-state index contributed by atoms with van der Waals surface area (Å²) in [5, 5.41) is 2.78. The molecule has 1 heterocycles. The second-order valence-electron chi connectivity index (χ2n) is 6.45. The Kier molecular flexibility index (Phi) is 4.18. The Morgan fingerprint density at radius 3 is 2.60 bits per heavy atom. The summed E-state index contributed by atoms with van der Waals surface area (Å²) in [7, 11) is 0. The van der Waals surface area contributed by atoms with Crippen molar-refractivity contribution in [1.82, 2.24) is 10.3 Å². The monoisotopic (exact) mass is 350 g/mol. The Bertz CT molecular complexity index is 887. The van der Waals surface area contributed by atoms with Crippen molar-refractivity contribution in [2.45, 2.75) is 32.5 Å². The highest BCUT2D eigenvalue weighted by Gasteiger charge is 2.34. The number of carbonyl (C=O) groups is 1. The molecular weight excluding hydrogens is 333 g/mol. The van der Waals surface area contributed by atoms with Crippen LogP contribution in [0, 0.1) is 12.8 Å². The van der Waals surface area contributed by atoms with Crippen LogP contribution in [-0.4, -0.2) is 10.9 Å². The van der Waals surface area contributed by atoms with E-state index in [9.17, 15) is 22.8 Å². The number of fused-ring (bicyclic) bond motifs is 1. The van der Waals surface area contributed by atoms with E-state index in [0.717, 1.165) is 29.2 Å². The van der Waals surface area contributed by atoms with Gasteiger partial charge in [-0.2, -0.15) is 13.2 Å². The molecule has 132 valence electrons. The number of rotatable bonds is 2. The normalized spacial score (nSPS) is 19.6. The molecule has 1 aliphatic carbocycles. The van der Waals surface area contributed by atoms with E-state index in [4.69, 9.17) is 0 Å². The average Bonchev–Trinajstić information content (AvgIpc) is 2.81. The van der Waals surface area contributed by atoms with Crippen LogP contribution in [0.4, 0.5) is 13.2 Å². The molecule has 0 bridgehead atoms. The molecule has 2 aromatic rings. The number of hydrogen-bond acceptors (Lipinski definition) is 2. The number of alkyl halides is 3. The van der Waals surface area contributed by atoms with Crippen LogP contribution < -0.4 is 10.9 Å². The van der Waals surface area contributed by atoms with Gasteiger partial charge in [0, 0.05) is 0 Å². The van der Waals surface area contributed by atoms with Crippen molar-refractivity contribution < 1.29 is 18.0 Å². The summed E-state index contributed by atoms with van der Waals surface area (Å²) in [6.45, 7) is 3.97. The molecule has 2 N–H and O–H groups in total. The summed E-state index contributed by atoms with van der Waals surface area (Å²) >= 11 is 0. The molecule has 1 aromatic carbocycles. The minimum absolute atomic E-state index is 0.134. The van der Waals surface area contributed by atoms with Crippen LogP contribution >= 0.6 is 0 Å². The Balaban J connectivity index is 1.85. The van der Waals surface area contributed by atoms with Crippen molar-refractivity contribution in [3.8, 4) is 0 Å². The largest absolute Gasteiger partial charge is 0.431 e. The molecule has 3 rings (SSSR count). The van der Waals surface area contributed by atoms with Crippen LogP contribution in [0.15, 0.2) is 35.1 Å². The first-order chi connectivity index (χ1) is 11.7. The number of aromatic nitrogens is 1. The Hall–Kier alpha value is -2.57. The van der Waals surface area contributed by atoms with Gasteiger partial charge in [0.2, 0.25) is 0 Å². The maximum atomic E-state index is 12.6. The van der Waals surface area contributed by atoms with Gasteiger partial charge >= 0.3 is 6.18 Å². The van der Waals surface area contributed by atoms with Crippen LogP contribution in [0.5, 0.6) is 0 Å². The second-order valence-corrected chi connectivity index (χ2v) is 6.45. The van der Waals surface area contributed by atoms with Gasteiger partial charge in [0.15, 0.2) is 0 Å². The third kappa shape index (κ3) is 3.31. The molecule has 0 spiro atoms. The summed E-state index contributed by atoms with van der Waals surface area (Å²) in [5.41, 5.74) is 0.679. The summed E-state index contributed by atoms with van der Waals surface area (Å²) in [5.74, 6) is -0.547. The van der Waals surface area contributed by atoms with E-state index in [1.807, 2.05) is 26.0 Å². The number of halogens is 3. The molecule has 0 aliphatic heterocycles. The fourth-order valence-corrected chi connectivity index (χ4v) is 3.24. The van der Waals surface area contributed by atoms with Gasteiger partial charge in [0.25, 0.3) is 11.5 Å². The van der Waals surface area contributed by atoms with E-state index >= 15 is 0 Å². The lowest BCUT2D eigenvalue weighted by Gasteiger charge is -2.19. The highest BCUT2D eigenvalue weighted by molar-refractivity contribution is 5.94. The first-order valence-corrected chi connectivity index (χ1v) is 7.87. The van der Waals surface area contributed by atoms with Crippen molar-refractivity contribution in [2.75, 3.05) is 0 Å². The highest BCUT2D eigenvalue weighted by Crippen LogP contribution is 2.36. The predicted molar refractivity (Wildman–Crippen MR) is 86.3 cm³/mol. The molecule has 0 fully saturated rings. The number of pyridine rings is 1. The van der Waals surface area contributed by atoms with Gasteiger partial charge in [-0.05, 0) is 42.5 Å². The quantitative estimate of drug-likeness (QED) is 0.872.